The summed E-state index contributed by atoms with van der Waals surface area (Å²) >= 11 is 0. The Labute approximate surface area is 135 Å². The molecule has 0 radical (unpaired) electrons. The zero-order chi connectivity index (χ0) is 15.7. The van der Waals surface area contributed by atoms with Gasteiger partial charge in [-0.2, -0.15) is 0 Å². The molecule has 1 heterocycles. The molecule has 1 aliphatic rings. The van der Waals surface area contributed by atoms with Crippen molar-refractivity contribution in [3.8, 4) is 0 Å². The SMILES string of the molecule is CS(=O)(=O)c1ccc(S(=O)(=O)NC2CCNCC2)cc1F.Cl. The number of sulfone groups is 1. The van der Waals surface area contributed by atoms with Gasteiger partial charge in [0.2, 0.25) is 10.0 Å². The molecular weight excluding hydrogens is 355 g/mol. The fourth-order valence-corrected chi connectivity index (χ4v) is 4.22. The summed E-state index contributed by atoms with van der Waals surface area (Å²) in [6.45, 7) is 1.43. The second-order valence-corrected chi connectivity index (χ2v) is 8.71. The molecule has 0 aromatic heterocycles. The number of hydrogen-bond acceptors (Lipinski definition) is 5. The van der Waals surface area contributed by atoms with Gasteiger partial charge in [0.1, 0.15) is 10.7 Å². The van der Waals surface area contributed by atoms with Gasteiger partial charge in [-0.15, -0.1) is 12.4 Å². The van der Waals surface area contributed by atoms with Crippen LogP contribution in [0.3, 0.4) is 0 Å². The maximum atomic E-state index is 13.8. The predicted octanol–water partition coefficient (Wildman–Crippen LogP) is 0.681. The van der Waals surface area contributed by atoms with Gasteiger partial charge in [-0.25, -0.2) is 25.9 Å². The van der Waals surface area contributed by atoms with E-state index in [9.17, 15) is 21.2 Å². The molecule has 1 aromatic carbocycles. The van der Waals surface area contributed by atoms with E-state index in [1.165, 1.54) is 0 Å². The van der Waals surface area contributed by atoms with Crippen LogP contribution in [-0.4, -0.2) is 42.2 Å². The second kappa shape index (κ2) is 7.22. The Hall–Kier alpha value is -0.740. The maximum Gasteiger partial charge on any atom is 0.240 e. The van der Waals surface area contributed by atoms with E-state index in [0.717, 1.165) is 24.5 Å². The number of rotatable bonds is 4. The quantitative estimate of drug-likeness (QED) is 0.810. The first-order chi connectivity index (χ1) is 9.70. The Balaban J connectivity index is 0.00000242. The number of piperidine rings is 1. The van der Waals surface area contributed by atoms with Crippen LogP contribution in [0.1, 0.15) is 12.8 Å². The third kappa shape index (κ3) is 4.63. The van der Waals surface area contributed by atoms with Gasteiger partial charge in [-0.3, -0.25) is 0 Å². The average molecular weight is 373 g/mol. The minimum Gasteiger partial charge on any atom is -0.317 e. The van der Waals surface area contributed by atoms with E-state index in [1.807, 2.05) is 0 Å². The molecule has 2 N–H and O–H groups in total. The molecule has 0 atom stereocenters. The van der Waals surface area contributed by atoms with Crippen molar-refractivity contribution < 1.29 is 21.2 Å². The normalized spacial score (nSPS) is 17.0. The number of hydrogen-bond donors (Lipinski definition) is 2. The highest BCUT2D eigenvalue weighted by Gasteiger charge is 2.23. The largest absolute Gasteiger partial charge is 0.317 e. The van der Waals surface area contributed by atoms with E-state index < -0.39 is 30.6 Å². The van der Waals surface area contributed by atoms with Crippen molar-refractivity contribution in [1.82, 2.24) is 10.0 Å². The Morgan fingerprint density at radius 1 is 1.18 bits per heavy atom. The zero-order valence-electron chi connectivity index (χ0n) is 11.9. The lowest BCUT2D eigenvalue weighted by Crippen LogP contribution is -2.42. The van der Waals surface area contributed by atoms with Crippen LogP contribution in [0.4, 0.5) is 4.39 Å². The smallest absolute Gasteiger partial charge is 0.240 e. The van der Waals surface area contributed by atoms with Gasteiger partial charge in [-0.05, 0) is 44.1 Å². The molecule has 1 aromatic rings. The van der Waals surface area contributed by atoms with E-state index in [0.29, 0.717) is 25.9 Å². The highest BCUT2D eigenvalue weighted by molar-refractivity contribution is 7.90. The Bertz CT molecular complexity index is 731. The highest BCUT2D eigenvalue weighted by Crippen LogP contribution is 2.19. The summed E-state index contributed by atoms with van der Waals surface area (Å²) < 4.78 is 63.3. The molecular formula is C12H18ClFN2O4S2. The molecule has 0 unspecified atom stereocenters. The van der Waals surface area contributed by atoms with Crippen molar-refractivity contribution in [2.45, 2.75) is 28.7 Å². The summed E-state index contributed by atoms with van der Waals surface area (Å²) in [6, 6.07) is 2.61. The van der Waals surface area contributed by atoms with Gasteiger partial charge < -0.3 is 5.32 Å². The number of halogens is 2. The number of nitrogens with one attached hydrogen (secondary N) is 2. The molecule has 0 bridgehead atoms. The minimum absolute atomic E-state index is 0. The standard InChI is InChI=1S/C12H17FN2O4S2.ClH/c1-20(16,17)12-3-2-10(8-11(12)13)21(18,19)15-9-4-6-14-7-5-9;/h2-3,8-9,14-15H,4-7H2,1H3;1H. The first-order valence-corrected chi connectivity index (χ1v) is 9.80. The van der Waals surface area contributed by atoms with Crippen LogP contribution in [0.25, 0.3) is 0 Å². The fraction of sp³-hybridized carbons (Fsp3) is 0.500. The molecule has 6 nitrogen and oxygen atoms in total. The predicted molar refractivity (Wildman–Crippen MR) is 83.0 cm³/mol. The van der Waals surface area contributed by atoms with Crippen LogP contribution in [0, 0.1) is 5.82 Å². The highest BCUT2D eigenvalue weighted by atomic mass is 35.5. The van der Waals surface area contributed by atoms with E-state index in [-0.39, 0.29) is 23.3 Å². The van der Waals surface area contributed by atoms with Crippen LogP contribution in [-0.2, 0) is 19.9 Å². The lowest BCUT2D eigenvalue weighted by atomic mass is 10.1. The van der Waals surface area contributed by atoms with Crippen molar-refractivity contribution in [2.24, 2.45) is 0 Å². The van der Waals surface area contributed by atoms with Crippen LogP contribution >= 0.6 is 12.4 Å². The van der Waals surface area contributed by atoms with Crippen molar-refractivity contribution in [3.63, 3.8) is 0 Å². The van der Waals surface area contributed by atoms with Gasteiger partial charge >= 0.3 is 0 Å². The van der Waals surface area contributed by atoms with Crippen LogP contribution in [0.15, 0.2) is 28.0 Å². The van der Waals surface area contributed by atoms with Gasteiger partial charge in [0, 0.05) is 12.3 Å². The molecule has 0 aliphatic carbocycles. The molecule has 0 saturated carbocycles. The Morgan fingerprint density at radius 2 is 1.77 bits per heavy atom. The van der Waals surface area contributed by atoms with Crippen LogP contribution in [0.2, 0.25) is 0 Å². The van der Waals surface area contributed by atoms with Gasteiger partial charge in [0.25, 0.3) is 0 Å². The number of benzene rings is 1. The van der Waals surface area contributed by atoms with Gasteiger partial charge in [0.15, 0.2) is 9.84 Å². The monoisotopic (exact) mass is 372 g/mol. The summed E-state index contributed by atoms with van der Waals surface area (Å²) in [5, 5.41) is 3.11. The topological polar surface area (TPSA) is 92.3 Å². The van der Waals surface area contributed by atoms with Crippen molar-refractivity contribution in [2.75, 3.05) is 19.3 Å². The molecule has 22 heavy (non-hydrogen) atoms. The van der Waals surface area contributed by atoms with Crippen LogP contribution in [0.5, 0.6) is 0 Å². The number of sulfonamides is 1. The zero-order valence-corrected chi connectivity index (χ0v) is 14.3. The molecule has 0 amide bonds. The van der Waals surface area contributed by atoms with Crippen LogP contribution < -0.4 is 10.0 Å². The summed E-state index contributed by atoms with van der Waals surface area (Å²) in [6.07, 6.45) is 2.18. The Kier molecular flexibility index (Phi) is 6.34. The maximum absolute atomic E-state index is 13.8. The van der Waals surface area contributed by atoms with E-state index in [1.54, 1.807) is 0 Å². The van der Waals surface area contributed by atoms with Gasteiger partial charge in [-0.1, -0.05) is 0 Å². The summed E-state index contributed by atoms with van der Waals surface area (Å²) in [5.41, 5.74) is 0. The fourth-order valence-electron chi connectivity index (χ4n) is 2.18. The van der Waals surface area contributed by atoms with E-state index in [4.69, 9.17) is 0 Å². The van der Waals surface area contributed by atoms with Crippen molar-refractivity contribution >= 4 is 32.3 Å². The molecule has 2 rings (SSSR count). The van der Waals surface area contributed by atoms with E-state index >= 15 is 0 Å². The lowest BCUT2D eigenvalue weighted by molar-refractivity contribution is 0.427. The first kappa shape index (κ1) is 19.3. The third-order valence-corrected chi connectivity index (χ3v) is 5.92. The molecule has 10 heteroatoms. The minimum atomic E-state index is -3.86. The lowest BCUT2D eigenvalue weighted by Gasteiger charge is -2.23. The molecule has 0 spiro atoms. The summed E-state index contributed by atoms with van der Waals surface area (Å²) in [7, 11) is -7.58. The third-order valence-electron chi connectivity index (χ3n) is 3.27. The molecule has 1 aliphatic heterocycles. The summed E-state index contributed by atoms with van der Waals surface area (Å²) in [4.78, 5) is -0.783. The average Bonchev–Trinajstić information content (AvgIpc) is 2.37. The van der Waals surface area contributed by atoms with Crippen molar-refractivity contribution in [3.05, 3.63) is 24.0 Å². The summed E-state index contributed by atoms with van der Waals surface area (Å²) in [5.74, 6) is -1.06. The first-order valence-electron chi connectivity index (χ1n) is 6.43. The van der Waals surface area contributed by atoms with Gasteiger partial charge in [0.05, 0.1) is 4.90 Å². The molecule has 1 saturated heterocycles. The molecule has 126 valence electrons. The molecule has 1 fully saturated rings. The van der Waals surface area contributed by atoms with E-state index in [2.05, 4.69) is 10.0 Å². The Morgan fingerprint density at radius 3 is 2.27 bits per heavy atom. The van der Waals surface area contributed by atoms with Crippen molar-refractivity contribution in [1.29, 1.82) is 0 Å². The second-order valence-electron chi connectivity index (χ2n) is 5.01.